The largest absolute Gasteiger partial charge is 0.469 e. The van der Waals surface area contributed by atoms with Gasteiger partial charge in [-0.3, -0.25) is 15.0 Å². The first-order chi connectivity index (χ1) is 8.08. The number of nitrogens with one attached hydrogen (secondary N) is 2. The molecular formula is C11H13FN2O3. The van der Waals surface area contributed by atoms with Crippen LogP contribution in [0.2, 0.25) is 0 Å². The van der Waals surface area contributed by atoms with Crippen LogP contribution in [0.3, 0.4) is 0 Å². The molecule has 0 radical (unpaired) electrons. The van der Waals surface area contributed by atoms with E-state index in [-0.39, 0.29) is 17.8 Å². The second-order valence-electron chi connectivity index (χ2n) is 3.24. The van der Waals surface area contributed by atoms with Crippen LogP contribution in [0.25, 0.3) is 0 Å². The molecule has 0 atom stereocenters. The lowest BCUT2D eigenvalue weighted by atomic mass is 10.1. The van der Waals surface area contributed by atoms with Crippen molar-refractivity contribution in [2.24, 2.45) is 0 Å². The summed E-state index contributed by atoms with van der Waals surface area (Å²) in [5.41, 5.74) is 2.84. The van der Waals surface area contributed by atoms with Gasteiger partial charge in [0.1, 0.15) is 11.7 Å². The van der Waals surface area contributed by atoms with Crippen molar-refractivity contribution in [3.05, 3.63) is 35.1 Å². The molecule has 0 aliphatic rings. The molecule has 0 aliphatic carbocycles. The van der Waals surface area contributed by atoms with Gasteiger partial charge in [0.25, 0.3) is 0 Å². The molecule has 1 aromatic carbocycles. The number of methoxy groups -OCH3 is 1. The van der Waals surface area contributed by atoms with Crippen molar-refractivity contribution in [1.29, 1.82) is 5.41 Å². The number of esters is 1. The summed E-state index contributed by atoms with van der Waals surface area (Å²) >= 11 is 0. The van der Waals surface area contributed by atoms with Gasteiger partial charge in [0, 0.05) is 5.56 Å². The van der Waals surface area contributed by atoms with Crippen molar-refractivity contribution in [2.75, 3.05) is 14.2 Å². The predicted octanol–water partition coefficient (Wildman–Crippen LogP) is 1.02. The fourth-order valence-corrected chi connectivity index (χ4v) is 1.23. The van der Waals surface area contributed by atoms with Crippen LogP contribution in [0.15, 0.2) is 18.2 Å². The van der Waals surface area contributed by atoms with Gasteiger partial charge in [-0.2, -0.15) is 0 Å². The molecule has 6 heteroatoms. The van der Waals surface area contributed by atoms with Gasteiger partial charge >= 0.3 is 5.97 Å². The maximum Gasteiger partial charge on any atom is 0.310 e. The first-order valence-electron chi connectivity index (χ1n) is 4.81. The molecule has 0 saturated carbocycles. The van der Waals surface area contributed by atoms with Crippen LogP contribution < -0.4 is 5.48 Å². The zero-order valence-corrected chi connectivity index (χ0v) is 9.54. The van der Waals surface area contributed by atoms with Crippen molar-refractivity contribution in [1.82, 2.24) is 5.48 Å². The highest BCUT2D eigenvalue weighted by molar-refractivity contribution is 5.95. The normalized spacial score (nSPS) is 9.82. The summed E-state index contributed by atoms with van der Waals surface area (Å²) < 4.78 is 18.0. The lowest BCUT2D eigenvalue weighted by Crippen LogP contribution is -2.22. The first kappa shape index (κ1) is 13.1. The van der Waals surface area contributed by atoms with Gasteiger partial charge in [-0.25, -0.2) is 9.87 Å². The molecule has 0 spiro atoms. The number of rotatable bonds is 4. The standard InChI is InChI=1S/C11H13FN2O3/c1-16-10(15)6-7-3-4-8(5-9(7)12)11(13)14-17-2/h3-5H,6H2,1-2H3,(H2,13,14). The molecule has 1 rings (SSSR count). The van der Waals surface area contributed by atoms with Crippen LogP contribution >= 0.6 is 0 Å². The van der Waals surface area contributed by atoms with Crippen LogP contribution in [0.1, 0.15) is 11.1 Å². The van der Waals surface area contributed by atoms with Gasteiger partial charge in [-0.15, -0.1) is 0 Å². The fraction of sp³-hybridized carbons (Fsp3) is 0.273. The Hall–Kier alpha value is -1.95. The van der Waals surface area contributed by atoms with Gasteiger partial charge in [0.15, 0.2) is 0 Å². The van der Waals surface area contributed by atoms with Crippen molar-refractivity contribution >= 4 is 11.8 Å². The fourth-order valence-electron chi connectivity index (χ4n) is 1.23. The monoisotopic (exact) mass is 240 g/mol. The highest BCUT2D eigenvalue weighted by Crippen LogP contribution is 2.11. The minimum atomic E-state index is -0.560. The van der Waals surface area contributed by atoms with Gasteiger partial charge < -0.3 is 4.74 Å². The molecule has 0 amide bonds. The van der Waals surface area contributed by atoms with E-state index < -0.39 is 11.8 Å². The molecule has 0 bridgehead atoms. The average Bonchev–Trinajstić information content (AvgIpc) is 2.31. The number of halogens is 1. The second-order valence-corrected chi connectivity index (χ2v) is 3.24. The SMILES string of the molecule is CONC(=N)c1ccc(CC(=O)OC)c(F)c1. The number of benzene rings is 1. The summed E-state index contributed by atoms with van der Waals surface area (Å²) in [7, 11) is 2.60. The minimum absolute atomic E-state index is 0.0592. The molecule has 17 heavy (non-hydrogen) atoms. The number of hydroxylamine groups is 1. The van der Waals surface area contributed by atoms with E-state index in [0.717, 1.165) is 6.07 Å². The van der Waals surface area contributed by atoms with E-state index in [1.54, 1.807) is 0 Å². The Balaban J connectivity index is 2.86. The summed E-state index contributed by atoms with van der Waals surface area (Å²) in [5.74, 6) is -1.13. The number of carbonyl (C=O) groups is 1. The van der Waals surface area contributed by atoms with Crippen molar-refractivity contribution in [2.45, 2.75) is 6.42 Å². The lowest BCUT2D eigenvalue weighted by Gasteiger charge is -2.07. The average molecular weight is 240 g/mol. The van der Waals surface area contributed by atoms with Crippen LogP contribution in [0.4, 0.5) is 4.39 Å². The second kappa shape index (κ2) is 5.95. The number of ether oxygens (including phenoxy) is 1. The van der Waals surface area contributed by atoms with E-state index in [1.807, 2.05) is 0 Å². The van der Waals surface area contributed by atoms with Crippen LogP contribution in [0, 0.1) is 11.2 Å². The number of hydrogen-bond acceptors (Lipinski definition) is 4. The molecule has 92 valence electrons. The Morgan fingerprint density at radius 1 is 1.47 bits per heavy atom. The first-order valence-corrected chi connectivity index (χ1v) is 4.81. The Kier molecular flexibility index (Phi) is 4.59. The Bertz CT molecular complexity index is 435. The van der Waals surface area contributed by atoms with Gasteiger partial charge in [0.05, 0.1) is 20.6 Å². The molecule has 1 aromatic rings. The van der Waals surface area contributed by atoms with E-state index in [9.17, 15) is 9.18 Å². The number of amidine groups is 1. The van der Waals surface area contributed by atoms with Gasteiger partial charge in [-0.05, 0) is 11.6 Å². The van der Waals surface area contributed by atoms with E-state index in [2.05, 4.69) is 15.1 Å². The highest BCUT2D eigenvalue weighted by Gasteiger charge is 2.10. The Labute approximate surface area is 98.0 Å². The van der Waals surface area contributed by atoms with E-state index in [4.69, 9.17) is 5.41 Å². The van der Waals surface area contributed by atoms with Crippen molar-refractivity contribution in [3.63, 3.8) is 0 Å². The van der Waals surface area contributed by atoms with Crippen LogP contribution in [0.5, 0.6) is 0 Å². The van der Waals surface area contributed by atoms with Crippen molar-refractivity contribution in [3.8, 4) is 0 Å². The molecule has 0 aliphatic heterocycles. The van der Waals surface area contributed by atoms with Crippen LogP contribution in [-0.2, 0) is 20.8 Å². The molecule has 0 heterocycles. The molecular weight excluding hydrogens is 227 g/mol. The highest BCUT2D eigenvalue weighted by atomic mass is 19.1. The lowest BCUT2D eigenvalue weighted by molar-refractivity contribution is -0.139. The zero-order chi connectivity index (χ0) is 12.8. The molecule has 0 saturated heterocycles. The van der Waals surface area contributed by atoms with Crippen molar-refractivity contribution < 1.29 is 18.8 Å². The molecule has 0 aromatic heterocycles. The maximum absolute atomic E-state index is 13.6. The molecule has 0 unspecified atom stereocenters. The molecule has 2 N–H and O–H groups in total. The Morgan fingerprint density at radius 3 is 2.71 bits per heavy atom. The predicted molar refractivity (Wildman–Crippen MR) is 59.1 cm³/mol. The third-order valence-corrected chi connectivity index (χ3v) is 2.11. The summed E-state index contributed by atoms with van der Waals surface area (Å²) in [6.45, 7) is 0. The Morgan fingerprint density at radius 2 is 2.18 bits per heavy atom. The molecule has 0 fully saturated rings. The van der Waals surface area contributed by atoms with Gasteiger partial charge in [0.2, 0.25) is 0 Å². The summed E-state index contributed by atoms with van der Waals surface area (Å²) in [6.07, 6.45) is -0.131. The third kappa shape index (κ3) is 3.53. The van der Waals surface area contributed by atoms with E-state index in [1.165, 1.54) is 26.4 Å². The number of carbonyl (C=O) groups excluding carboxylic acids is 1. The molecule has 5 nitrogen and oxygen atoms in total. The summed E-state index contributed by atoms with van der Waals surface area (Å²) in [6, 6.07) is 4.12. The minimum Gasteiger partial charge on any atom is -0.469 e. The zero-order valence-electron chi connectivity index (χ0n) is 9.54. The van der Waals surface area contributed by atoms with E-state index in [0.29, 0.717) is 5.56 Å². The summed E-state index contributed by atoms with van der Waals surface area (Å²) in [5, 5.41) is 7.48. The number of hydrogen-bond donors (Lipinski definition) is 2. The summed E-state index contributed by atoms with van der Waals surface area (Å²) in [4.78, 5) is 15.5. The quantitative estimate of drug-likeness (QED) is 0.357. The van der Waals surface area contributed by atoms with Gasteiger partial charge in [-0.1, -0.05) is 12.1 Å². The smallest absolute Gasteiger partial charge is 0.310 e. The topological polar surface area (TPSA) is 71.4 Å². The van der Waals surface area contributed by atoms with Crippen LogP contribution in [-0.4, -0.2) is 26.0 Å². The van der Waals surface area contributed by atoms with E-state index >= 15 is 0 Å². The third-order valence-electron chi connectivity index (χ3n) is 2.11. The maximum atomic E-state index is 13.6.